The maximum atomic E-state index is 13.9. The van der Waals surface area contributed by atoms with E-state index in [2.05, 4.69) is 37.2 Å². The molecule has 1 aliphatic rings. The maximum Gasteiger partial charge on any atom is 0.243 e. The highest BCUT2D eigenvalue weighted by molar-refractivity contribution is 5.97. The smallest absolute Gasteiger partial charge is 0.243 e. The van der Waals surface area contributed by atoms with Crippen molar-refractivity contribution in [2.75, 3.05) is 26.2 Å². The van der Waals surface area contributed by atoms with E-state index in [-0.39, 0.29) is 83.5 Å². The van der Waals surface area contributed by atoms with Crippen molar-refractivity contribution in [3.8, 4) is 0 Å². The number of rotatable bonds is 11. The van der Waals surface area contributed by atoms with Crippen molar-refractivity contribution in [3.05, 3.63) is 35.9 Å². The zero-order valence-corrected chi connectivity index (χ0v) is 30.5. The van der Waals surface area contributed by atoms with E-state index < -0.39 is 77.6 Å². The van der Waals surface area contributed by atoms with Crippen LogP contribution in [0.3, 0.4) is 0 Å². The first kappa shape index (κ1) is 43.6. The Morgan fingerprint density at radius 2 is 1.04 bits per heavy atom. The van der Waals surface area contributed by atoms with Gasteiger partial charge < -0.3 is 54.4 Å². The number of benzene rings is 1. The van der Waals surface area contributed by atoms with E-state index in [0.717, 1.165) is 5.56 Å². The third-order valence-electron chi connectivity index (χ3n) is 8.46. The largest absolute Gasteiger partial charge is 0.354 e. The van der Waals surface area contributed by atoms with E-state index in [0.29, 0.717) is 0 Å². The molecule has 0 saturated carbocycles. The summed E-state index contributed by atoms with van der Waals surface area (Å²) < 4.78 is 0. The number of carbonyl (C=O) groups excluding carboxylic acids is 7. The highest BCUT2D eigenvalue weighted by atomic mass is 16.2. The fourth-order valence-corrected chi connectivity index (χ4v) is 5.63. The Morgan fingerprint density at radius 1 is 0.596 bits per heavy atom. The summed E-state index contributed by atoms with van der Waals surface area (Å²) in [5.41, 5.74) is 18.0. The molecule has 2 rings (SSSR count). The summed E-state index contributed by atoms with van der Waals surface area (Å²) >= 11 is 0. The SMILES string of the molecule is CC[C@@H]1NC(=O)[C@H](CCN)NC(=O)[C@H](CCN)NC(=O)[C@H](CC(C)C)NC(=O)[C@@H](Cc2ccccc2)NC(=O)[C@H](CCN)NC(=O)CCCNC1=O. The van der Waals surface area contributed by atoms with Gasteiger partial charge >= 0.3 is 0 Å². The maximum absolute atomic E-state index is 13.9. The van der Waals surface area contributed by atoms with Crippen molar-refractivity contribution in [1.29, 1.82) is 0 Å². The topological polar surface area (TPSA) is 282 Å². The number of amides is 7. The predicted octanol–water partition coefficient (Wildman–Crippen LogP) is -2.45. The lowest BCUT2D eigenvalue weighted by Crippen LogP contribution is -2.60. The molecule has 1 fully saturated rings. The van der Waals surface area contributed by atoms with Gasteiger partial charge in [0.15, 0.2) is 0 Å². The molecule has 1 saturated heterocycles. The first-order valence-corrected chi connectivity index (χ1v) is 18.1. The van der Waals surface area contributed by atoms with Gasteiger partial charge in [-0.2, -0.15) is 0 Å². The van der Waals surface area contributed by atoms with E-state index in [4.69, 9.17) is 17.2 Å². The number of hydrogen-bond donors (Lipinski definition) is 10. The number of nitrogens with one attached hydrogen (secondary N) is 7. The average Bonchev–Trinajstić information content (AvgIpc) is 3.10. The molecule has 1 heterocycles. The first-order chi connectivity index (χ1) is 24.8. The molecule has 13 N–H and O–H groups in total. The Kier molecular flexibility index (Phi) is 19.3. The van der Waals surface area contributed by atoms with Crippen LogP contribution < -0.4 is 54.4 Å². The van der Waals surface area contributed by atoms with Crippen molar-refractivity contribution in [2.45, 2.75) is 108 Å². The molecule has 0 spiro atoms. The van der Waals surface area contributed by atoms with Gasteiger partial charge in [-0.1, -0.05) is 51.1 Å². The normalized spacial score (nSPS) is 25.2. The quantitative estimate of drug-likeness (QED) is 0.115. The summed E-state index contributed by atoms with van der Waals surface area (Å²) in [6, 6.07) is 2.37. The van der Waals surface area contributed by atoms with Crippen LogP contribution in [0, 0.1) is 5.92 Å². The predicted molar refractivity (Wildman–Crippen MR) is 195 cm³/mol. The minimum Gasteiger partial charge on any atom is -0.354 e. The Hall–Kier alpha value is -4.61. The molecule has 17 heteroatoms. The number of carbonyl (C=O) groups is 7. The summed E-state index contributed by atoms with van der Waals surface area (Å²) in [5.74, 6) is -4.34. The van der Waals surface area contributed by atoms with Crippen LogP contribution in [0.4, 0.5) is 0 Å². The number of hydrogen-bond acceptors (Lipinski definition) is 10. The van der Waals surface area contributed by atoms with Gasteiger partial charge in [-0.05, 0) is 69.6 Å². The lowest BCUT2D eigenvalue weighted by atomic mass is 10.00. The molecular formula is C35H58N10O7. The highest BCUT2D eigenvalue weighted by Crippen LogP contribution is 2.10. The van der Waals surface area contributed by atoms with Gasteiger partial charge in [0, 0.05) is 19.4 Å². The molecule has 0 bridgehead atoms. The zero-order valence-electron chi connectivity index (χ0n) is 30.5. The summed E-state index contributed by atoms with van der Waals surface area (Å²) in [7, 11) is 0. The fourth-order valence-electron chi connectivity index (χ4n) is 5.63. The van der Waals surface area contributed by atoms with E-state index in [1.807, 2.05) is 19.9 Å². The van der Waals surface area contributed by atoms with Crippen LogP contribution in [0.15, 0.2) is 30.3 Å². The van der Waals surface area contributed by atoms with E-state index >= 15 is 0 Å². The van der Waals surface area contributed by atoms with Gasteiger partial charge in [0.1, 0.15) is 36.3 Å². The second kappa shape index (κ2) is 23.1. The van der Waals surface area contributed by atoms with E-state index in [1.165, 1.54) is 0 Å². The summed E-state index contributed by atoms with van der Waals surface area (Å²) in [6.07, 6.45) is 0.815. The third kappa shape index (κ3) is 14.9. The van der Waals surface area contributed by atoms with Crippen molar-refractivity contribution < 1.29 is 33.6 Å². The molecule has 7 amide bonds. The Bertz CT molecular complexity index is 1350. The van der Waals surface area contributed by atoms with E-state index in [9.17, 15) is 33.6 Å². The van der Waals surface area contributed by atoms with Crippen molar-refractivity contribution in [2.24, 2.45) is 23.1 Å². The van der Waals surface area contributed by atoms with Crippen LogP contribution in [0.2, 0.25) is 0 Å². The van der Waals surface area contributed by atoms with Gasteiger partial charge in [-0.3, -0.25) is 33.6 Å². The van der Waals surface area contributed by atoms with Crippen LogP contribution >= 0.6 is 0 Å². The molecule has 1 aliphatic heterocycles. The van der Waals surface area contributed by atoms with Crippen LogP contribution in [0.1, 0.15) is 71.3 Å². The second-order valence-electron chi connectivity index (χ2n) is 13.3. The van der Waals surface area contributed by atoms with E-state index in [1.54, 1.807) is 31.2 Å². The molecule has 1 aromatic rings. The molecule has 0 aromatic heterocycles. The fraction of sp³-hybridized carbons (Fsp3) is 0.629. The molecular weight excluding hydrogens is 672 g/mol. The van der Waals surface area contributed by atoms with Crippen LogP contribution in [-0.2, 0) is 40.0 Å². The lowest BCUT2D eigenvalue weighted by molar-refractivity contribution is -0.135. The molecule has 17 nitrogen and oxygen atoms in total. The summed E-state index contributed by atoms with van der Waals surface area (Å²) in [4.78, 5) is 93.8. The lowest BCUT2D eigenvalue weighted by Gasteiger charge is -2.28. The molecule has 290 valence electrons. The third-order valence-corrected chi connectivity index (χ3v) is 8.46. The first-order valence-electron chi connectivity index (χ1n) is 18.1. The minimum absolute atomic E-state index is 0.0110. The van der Waals surface area contributed by atoms with Gasteiger partial charge in [-0.15, -0.1) is 0 Å². The Labute approximate surface area is 305 Å². The van der Waals surface area contributed by atoms with Gasteiger partial charge in [0.25, 0.3) is 0 Å². The average molecular weight is 731 g/mol. The zero-order chi connectivity index (χ0) is 38.6. The minimum atomic E-state index is -1.18. The summed E-state index contributed by atoms with van der Waals surface area (Å²) in [6.45, 7) is 5.63. The standard InChI is InChI=1S/C35H58N10O7/c1-4-23-30(47)39-18-8-11-29(46)40-24(12-15-36)31(48)45-28(20-22-9-6-5-7-10-22)35(52)44-27(19-21(2)3)34(51)43-26(14-17-38)33(50)42-25(13-16-37)32(49)41-23/h5-7,9-10,21,23-28H,4,8,11-20,36-38H2,1-3H3,(H,39,47)(H,40,46)(H,41,49)(H,42,50)(H,43,51)(H,44,52)(H,45,48)/t23-,24-,25-,26-,27-,28+/m0/s1. The number of nitrogens with two attached hydrogens (primary N) is 3. The molecule has 0 radical (unpaired) electrons. The van der Waals surface area contributed by atoms with Crippen molar-refractivity contribution in [3.63, 3.8) is 0 Å². The summed E-state index contributed by atoms with van der Waals surface area (Å²) in [5, 5.41) is 18.8. The van der Waals surface area contributed by atoms with Crippen LogP contribution in [-0.4, -0.2) is 104 Å². The highest BCUT2D eigenvalue weighted by Gasteiger charge is 2.33. The van der Waals surface area contributed by atoms with Gasteiger partial charge in [0.05, 0.1) is 0 Å². The second-order valence-corrected chi connectivity index (χ2v) is 13.3. The monoisotopic (exact) mass is 730 g/mol. The molecule has 1 aromatic carbocycles. The van der Waals surface area contributed by atoms with Gasteiger partial charge in [-0.25, -0.2) is 0 Å². The molecule has 0 aliphatic carbocycles. The Morgan fingerprint density at radius 3 is 1.54 bits per heavy atom. The van der Waals surface area contributed by atoms with Crippen LogP contribution in [0.5, 0.6) is 0 Å². The molecule has 0 unspecified atom stereocenters. The van der Waals surface area contributed by atoms with Crippen molar-refractivity contribution >= 4 is 41.4 Å². The Balaban J connectivity index is 2.51. The van der Waals surface area contributed by atoms with Crippen molar-refractivity contribution in [1.82, 2.24) is 37.2 Å². The van der Waals surface area contributed by atoms with Crippen LogP contribution in [0.25, 0.3) is 0 Å². The van der Waals surface area contributed by atoms with Gasteiger partial charge in [0.2, 0.25) is 41.4 Å². The molecule has 6 atom stereocenters. The molecule has 52 heavy (non-hydrogen) atoms.